The van der Waals surface area contributed by atoms with Gasteiger partial charge in [-0.1, -0.05) is 12.1 Å². The minimum atomic E-state index is -0.566. The summed E-state index contributed by atoms with van der Waals surface area (Å²) in [6.45, 7) is 1.67. The van der Waals surface area contributed by atoms with Gasteiger partial charge in [0.05, 0.1) is 12.0 Å². The van der Waals surface area contributed by atoms with Gasteiger partial charge in [-0.05, 0) is 37.3 Å². The van der Waals surface area contributed by atoms with E-state index in [4.69, 9.17) is 4.74 Å². The number of rotatable bonds is 6. The minimum Gasteiger partial charge on any atom is -0.497 e. The molecule has 120 valence electrons. The summed E-state index contributed by atoms with van der Waals surface area (Å²) in [6.07, 6.45) is 0. The van der Waals surface area contributed by atoms with Crippen LogP contribution in [-0.2, 0) is 4.79 Å². The van der Waals surface area contributed by atoms with Crippen molar-refractivity contribution in [2.75, 3.05) is 17.7 Å². The van der Waals surface area contributed by atoms with E-state index >= 15 is 0 Å². The highest BCUT2D eigenvalue weighted by Gasteiger charge is 2.18. The van der Waals surface area contributed by atoms with Crippen molar-refractivity contribution in [2.45, 2.75) is 13.0 Å². The number of amides is 1. The lowest BCUT2D eigenvalue weighted by atomic mass is 10.2. The van der Waals surface area contributed by atoms with Crippen LogP contribution in [0, 0.1) is 10.1 Å². The van der Waals surface area contributed by atoms with Crippen molar-refractivity contribution in [3.8, 4) is 5.75 Å². The van der Waals surface area contributed by atoms with Crippen LogP contribution in [0.3, 0.4) is 0 Å². The van der Waals surface area contributed by atoms with Gasteiger partial charge in [0.2, 0.25) is 5.91 Å². The van der Waals surface area contributed by atoms with Gasteiger partial charge < -0.3 is 15.4 Å². The van der Waals surface area contributed by atoms with Gasteiger partial charge in [-0.25, -0.2) is 0 Å². The minimum absolute atomic E-state index is 0.141. The highest BCUT2D eigenvalue weighted by molar-refractivity contribution is 5.97. The molecular formula is C16H17N3O4. The Bertz CT molecular complexity index is 701. The van der Waals surface area contributed by atoms with Crippen LogP contribution in [0.5, 0.6) is 5.75 Å². The van der Waals surface area contributed by atoms with Gasteiger partial charge in [0.1, 0.15) is 17.5 Å². The van der Waals surface area contributed by atoms with E-state index in [1.54, 1.807) is 50.4 Å². The molecule has 0 heterocycles. The zero-order valence-corrected chi connectivity index (χ0v) is 12.8. The Kier molecular flexibility index (Phi) is 5.14. The summed E-state index contributed by atoms with van der Waals surface area (Å²) in [4.78, 5) is 22.6. The second kappa shape index (κ2) is 7.26. The first-order chi connectivity index (χ1) is 11.0. The normalized spacial score (nSPS) is 11.4. The molecule has 0 aliphatic heterocycles. The smallest absolute Gasteiger partial charge is 0.292 e. The first-order valence-corrected chi connectivity index (χ1v) is 6.96. The summed E-state index contributed by atoms with van der Waals surface area (Å²) in [5, 5.41) is 16.5. The van der Waals surface area contributed by atoms with Gasteiger partial charge in [0.25, 0.3) is 5.69 Å². The predicted molar refractivity (Wildman–Crippen MR) is 87.8 cm³/mol. The van der Waals surface area contributed by atoms with Crippen LogP contribution in [0.15, 0.2) is 48.5 Å². The third-order valence-electron chi connectivity index (χ3n) is 3.23. The third kappa shape index (κ3) is 4.19. The number of benzene rings is 2. The van der Waals surface area contributed by atoms with Crippen molar-refractivity contribution in [3.63, 3.8) is 0 Å². The van der Waals surface area contributed by atoms with Crippen molar-refractivity contribution in [3.05, 3.63) is 58.6 Å². The average Bonchev–Trinajstić information content (AvgIpc) is 2.55. The monoisotopic (exact) mass is 315 g/mol. The molecule has 7 nitrogen and oxygen atoms in total. The summed E-state index contributed by atoms with van der Waals surface area (Å²) in [7, 11) is 1.57. The molecule has 7 heteroatoms. The Morgan fingerprint density at radius 1 is 1.17 bits per heavy atom. The maximum Gasteiger partial charge on any atom is 0.292 e. The summed E-state index contributed by atoms with van der Waals surface area (Å²) in [6, 6.07) is 12.6. The van der Waals surface area contributed by atoms with Gasteiger partial charge >= 0.3 is 0 Å². The summed E-state index contributed by atoms with van der Waals surface area (Å²) >= 11 is 0. The first-order valence-electron chi connectivity index (χ1n) is 6.96. The number of nitro benzene ring substituents is 1. The highest BCUT2D eigenvalue weighted by Crippen LogP contribution is 2.23. The molecule has 2 rings (SSSR count). The topological polar surface area (TPSA) is 93.5 Å². The number of nitrogens with zero attached hydrogens (tertiary/aromatic N) is 1. The van der Waals surface area contributed by atoms with Crippen LogP contribution in [0.4, 0.5) is 17.1 Å². The molecule has 0 fully saturated rings. The molecule has 0 aromatic heterocycles. The molecule has 2 aromatic rings. The lowest BCUT2D eigenvalue weighted by Crippen LogP contribution is -2.32. The Hall–Kier alpha value is -3.09. The van der Waals surface area contributed by atoms with E-state index in [1.807, 2.05) is 0 Å². The van der Waals surface area contributed by atoms with E-state index in [9.17, 15) is 14.9 Å². The van der Waals surface area contributed by atoms with Crippen molar-refractivity contribution in [2.24, 2.45) is 0 Å². The lowest BCUT2D eigenvalue weighted by Gasteiger charge is -2.15. The van der Waals surface area contributed by atoms with Gasteiger partial charge in [0, 0.05) is 11.8 Å². The van der Waals surface area contributed by atoms with Crippen LogP contribution >= 0.6 is 0 Å². The number of anilines is 2. The molecule has 2 N–H and O–H groups in total. The molecule has 1 atom stereocenters. The number of carbonyl (C=O) groups is 1. The number of carbonyl (C=O) groups excluding carboxylic acids is 1. The number of methoxy groups -OCH3 is 1. The third-order valence-corrected chi connectivity index (χ3v) is 3.23. The van der Waals surface area contributed by atoms with E-state index in [1.165, 1.54) is 12.1 Å². The highest BCUT2D eigenvalue weighted by atomic mass is 16.6. The fraction of sp³-hybridized carbons (Fsp3) is 0.188. The molecule has 0 aliphatic carbocycles. The van der Waals surface area contributed by atoms with E-state index < -0.39 is 11.0 Å². The van der Waals surface area contributed by atoms with E-state index in [0.717, 1.165) is 5.69 Å². The van der Waals surface area contributed by atoms with E-state index in [-0.39, 0.29) is 17.3 Å². The fourth-order valence-corrected chi connectivity index (χ4v) is 1.98. The Balaban J connectivity index is 2.04. The number of ether oxygens (including phenoxy) is 1. The van der Waals surface area contributed by atoms with Crippen molar-refractivity contribution in [1.29, 1.82) is 0 Å². The quantitative estimate of drug-likeness (QED) is 0.631. The van der Waals surface area contributed by atoms with Gasteiger partial charge in [0.15, 0.2) is 0 Å². The summed E-state index contributed by atoms with van der Waals surface area (Å²) in [5.41, 5.74) is 0.777. The Morgan fingerprint density at radius 3 is 2.43 bits per heavy atom. The summed E-state index contributed by atoms with van der Waals surface area (Å²) in [5.74, 6) is 0.350. The largest absolute Gasteiger partial charge is 0.497 e. The Labute approximate surface area is 133 Å². The Morgan fingerprint density at radius 2 is 1.83 bits per heavy atom. The molecule has 0 aliphatic rings. The van der Waals surface area contributed by atoms with Crippen LogP contribution in [0.1, 0.15) is 6.92 Å². The van der Waals surface area contributed by atoms with E-state index in [2.05, 4.69) is 10.6 Å². The summed E-state index contributed by atoms with van der Waals surface area (Å²) < 4.78 is 5.07. The molecule has 0 unspecified atom stereocenters. The zero-order chi connectivity index (χ0) is 16.8. The molecular weight excluding hydrogens is 298 g/mol. The predicted octanol–water partition coefficient (Wildman–Crippen LogP) is 3.04. The molecule has 2 aromatic carbocycles. The van der Waals surface area contributed by atoms with Gasteiger partial charge in [-0.15, -0.1) is 0 Å². The zero-order valence-electron chi connectivity index (χ0n) is 12.8. The van der Waals surface area contributed by atoms with Gasteiger partial charge in [-0.2, -0.15) is 0 Å². The second-order valence-electron chi connectivity index (χ2n) is 4.86. The maximum atomic E-state index is 12.2. The molecule has 1 amide bonds. The molecule has 0 radical (unpaired) electrons. The van der Waals surface area contributed by atoms with Crippen LogP contribution in [0.2, 0.25) is 0 Å². The van der Waals surface area contributed by atoms with Crippen molar-refractivity contribution >= 4 is 23.0 Å². The number of hydrogen-bond acceptors (Lipinski definition) is 5. The second-order valence-corrected chi connectivity index (χ2v) is 4.86. The van der Waals surface area contributed by atoms with Crippen LogP contribution in [0.25, 0.3) is 0 Å². The van der Waals surface area contributed by atoms with Crippen molar-refractivity contribution < 1.29 is 14.5 Å². The molecule has 0 saturated heterocycles. The number of nitrogens with one attached hydrogen (secondary N) is 2. The van der Waals surface area contributed by atoms with E-state index in [0.29, 0.717) is 5.75 Å². The number of nitro groups is 1. The maximum absolute atomic E-state index is 12.2. The number of hydrogen-bond donors (Lipinski definition) is 2. The lowest BCUT2D eigenvalue weighted by molar-refractivity contribution is -0.383. The van der Waals surface area contributed by atoms with Crippen molar-refractivity contribution in [1.82, 2.24) is 0 Å². The van der Waals surface area contributed by atoms with Crippen LogP contribution < -0.4 is 15.4 Å². The molecule has 0 bridgehead atoms. The molecule has 0 saturated carbocycles. The average molecular weight is 315 g/mol. The molecule has 23 heavy (non-hydrogen) atoms. The molecule has 0 spiro atoms. The standard InChI is InChI=1S/C16H17N3O4/c1-11(17-12-7-9-13(23-2)10-8-12)16(20)18-14-5-3-4-6-15(14)19(21)22/h3-11,17H,1-2H3,(H,18,20)/t11-/m0/s1. The first kappa shape index (κ1) is 16.3. The fourth-order valence-electron chi connectivity index (χ4n) is 1.98. The van der Waals surface area contributed by atoms with Gasteiger partial charge in [-0.3, -0.25) is 14.9 Å². The van der Waals surface area contributed by atoms with Crippen LogP contribution in [-0.4, -0.2) is 24.0 Å². The SMILES string of the molecule is COc1ccc(N[C@@H](C)C(=O)Nc2ccccc2[N+](=O)[O-])cc1. The number of para-hydroxylation sites is 2.